The van der Waals surface area contributed by atoms with E-state index in [4.69, 9.17) is 23.2 Å². The first-order valence-electron chi connectivity index (χ1n) is 6.29. The van der Waals surface area contributed by atoms with Gasteiger partial charge in [0.2, 0.25) is 4.96 Å². The fraction of sp³-hybridized carbons (Fsp3) is 0.0769. The van der Waals surface area contributed by atoms with Gasteiger partial charge in [0, 0.05) is 28.9 Å². The molecule has 0 aliphatic carbocycles. The average molecular weight is 351 g/mol. The summed E-state index contributed by atoms with van der Waals surface area (Å²) >= 11 is 13.6. The molecule has 0 fully saturated rings. The van der Waals surface area contributed by atoms with Crippen LogP contribution in [0.1, 0.15) is 0 Å². The number of halogens is 2. The van der Waals surface area contributed by atoms with Gasteiger partial charge in [-0.2, -0.15) is 14.7 Å². The van der Waals surface area contributed by atoms with E-state index in [1.807, 2.05) is 13.1 Å². The van der Waals surface area contributed by atoms with Crippen molar-refractivity contribution in [1.29, 1.82) is 0 Å². The number of aryl methyl sites for hydroxylation is 1. The number of benzene rings is 1. The Kier molecular flexibility index (Phi) is 3.14. The lowest BCUT2D eigenvalue weighted by atomic mass is 10.2. The van der Waals surface area contributed by atoms with Gasteiger partial charge < -0.3 is 0 Å². The minimum atomic E-state index is 0.543. The number of rotatable bonds is 2. The fourth-order valence-corrected chi connectivity index (χ4v) is 3.59. The van der Waals surface area contributed by atoms with Crippen molar-refractivity contribution in [2.75, 3.05) is 0 Å². The van der Waals surface area contributed by atoms with Gasteiger partial charge in [0.1, 0.15) is 0 Å². The van der Waals surface area contributed by atoms with Crippen molar-refractivity contribution in [1.82, 2.24) is 29.6 Å². The maximum atomic E-state index is 6.05. The Morgan fingerprint density at radius 2 is 1.86 bits per heavy atom. The van der Waals surface area contributed by atoms with E-state index in [1.54, 1.807) is 33.6 Å². The lowest BCUT2D eigenvalue weighted by molar-refractivity contribution is 0.772. The highest BCUT2D eigenvalue weighted by Gasteiger charge is 2.16. The van der Waals surface area contributed by atoms with Crippen LogP contribution in [0, 0.1) is 0 Å². The van der Waals surface area contributed by atoms with Crippen molar-refractivity contribution >= 4 is 39.5 Å². The zero-order valence-electron chi connectivity index (χ0n) is 11.2. The van der Waals surface area contributed by atoms with Crippen LogP contribution < -0.4 is 0 Å². The highest BCUT2D eigenvalue weighted by molar-refractivity contribution is 7.19. The molecule has 0 saturated heterocycles. The summed E-state index contributed by atoms with van der Waals surface area (Å²) in [6.07, 6.45) is 1.73. The van der Waals surface area contributed by atoms with E-state index in [1.165, 1.54) is 11.3 Å². The van der Waals surface area contributed by atoms with Crippen molar-refractivity contribution in [3.05, 3.63) is 40.5 Å². The second-order valence-electron chi connectivity index (χ2n) is 4.62. The molecule has 3 aromatic heterocycles. The van der Waals surface area contributed by atoms with Gasteiger partial charge in [0.15, 0.2) is 10.8 Å². The molecule has 0 atom stereocenters. The standard InChI is InChI=1S/C13H8Cl2N6S/c1-20-10(2-3-16-20)12-19-21-11(17-18-13(21)22-12)7-4-8(14)6-9(15)5-7/h2-6H,1H3. The smallest absolute Gasteiger partial charge is 0.235 e. The summed E-state index contributed by atoms with van der Waals surface area (Å²) in [6, 6.07) is 7.15. The van der Waals surface area contributed by atoms with Gasteiger partial charge in [-0.25, -0.2) is 0 Å². The summed E-state index contributed by atoms with van der Waals surface area (Å²) < 4.78 is 3.45. The first-order valence-corrected chi connectivity index (χ1v) is 7.86. The average Bonchev–Trinajstić information content (AvgIpc) is 3.11. The zero-order chi connectivity index (χ0) is 15.3. The molecule has 3 heterocycles. The molecule has 110 valence electrons. The van der Waals surface area contributed by atoms with Gasteiger partial charge in [-0.05, 0) is 24.3 Å². The molecule has 0 radical (unpaired) electrons. The van der Waals surface area contributed by atoms with Crippen LogP contribution in [0.25, 0.3) is 27.1 Å². The van der Waals surface area contributed by atoms with Crippen molar-refractivity contribution in [2.24, 2.45) is 7.05 Å². The van der Waals surface area contributed by atoms with Crippen molar-refractivity contribution in [2.45, 2.75) is 0 Å². The molecule has 0 spiro atoms. The van der Waals surface area contributed by atoms with E-state index in [0.29, 0.717) is 20.8 Å². The highest BCUT2D eigenvalue weighted by Crippen LogP contribution is 2.30. The molecule has 4 aromatic rings. The Morgan fingerprint density at radius 1 is 1.09 bits per heavy atom. The molecule has 0 saturated carbocycles. The normalized spacial score (nSPS) is 11.4. The Labute approximate surface area is 138 Å². The second-order valence-corrected chi connectivity index (χ2v) is 6.45. The van der Waals surface area contributed by atoms with E-state index in [-0.39, 0.29) is 0 Å². The maximum Gasteiger partial charge on any atom is 0.235 e. The molecule has 0 aliphatic heterocycles. The first kappa shape index (κ1) is 13.7. The number of hydrogen-bond acceptors (Lipinski definition) is 5. The summed E-state index contributed by atoms with van der Waals surface area (Å²) in [4.78, 5) is 0.697. The number of nitrogens with zero attached hydrogens (tertiary/aromatic N) is 6. The molecule has 0 aliphatic rings. The van der Waals surface area contributed by atoms with Crippen molar-refractivity contribution < 1.29 is 0 Å². The molecule has 22 heavy (non-hydrogen) atoms. The van der Waals surface area contributed by atoms with Crippen LogP contribution in [0.5, 0.6) is 0 Å². The molecule has 9 heteroatoms. The molecule has 0 unspecified atom stereocenters. The van der Waals surface area contributed by atoms with Crippen LogP contribution in [0.4, 0.5) is 0 Å². The molecule has 1 aromatic carbocycles. The quantitative estimate of drug-likeness (QED) is 0.554. The third kappa shape index (κ3) is 2.18. The Balaban J connectivity index is 1.89. The summed E-state index contributed by atoms with van der Waals surface area (Å²) in [5.74, 6) is 0.601. The minimum Gasteiger partial charge on any atom is -0.265 e. The van der Waals surface area contributed by atoms with E-state index in [9.17, 15) is 0 Å². The lowest BCUT2D eigenvalue weighted by Gasteiger charge is -2.00. The van der Waals surface area contributed by atoms with Crippen LogP contribution in [0.3, 0.4) is 0 Å². The van der Waals surface area contributed by atoms with Gasteiger partial charge in [0.05, 0.1) is 5.69 Å². The third-order valence-electron chi connectivity index (χ3n) is 3.15. The Hall–Kier alpha value is -1.96. The number of aromatic nitrogens is 6. The topological polar surface area (TPSA) is 60.9 Å². The van der Waals surface area contributed by atoms with Crippen molar-refractivity contribution in [3.63, 3.8) is 0 Å². The Bertz CT molecular complexity index is 965. The van der Waals surface area contributed by atoms with Crippen LogP contribution in [0.15, 0.2) is 30.5 Å². The SMILES string of the molecule is Cn1nccc1-c1nn2c(-c3cc(Cl)cc(Cl)c3)nnc2s1. The molecular weight excluding hydrogens is 343 g/mol. The minimum absolute atomic E-state index is 0.543. The fourth-order valence-electron chi connectivity index (χ4n) is 2.17. The van der Waals surface area contributed by atoms with Gasteiger partial charge in [0.25, 0.3) is 0 Å². The molecule has 6 nitrogen and oxygen atoms in total. The van der Waals surface area contributed by atoms with E-state index < -0.39 is 0 Å². The molecular formula is C13H8Cl2N6S. The van der Waals surface area contributed by atoms with Crippen LogP contribution in [0.2, 0.25) is 10.0 Å². The van der Waals surface area contributed by atoms with Gasteiger partial charge in [-0.3, -0.25) is 4.68 Å². The summed E-state index contributed by atoms with van der Waals surface area (Å²) in [6.45, 7) is 0. The van der Waals surface area contributed by atoms with Gasteiger partial charge in [-0.15, -0.1) is 10.2 Å². The summed E-state index contributed by atoms with van der Waals surface area (Å²) in [7, 11) is 1.87. The van der Waals surface area contributed by atoms with Crippen LogP contribution in [-0.2, 0) is 7.05 Å². The summed E-state index contributed by atoms with van der Waals surface area (Å²) in [5, 5.41) is 19.0. The van der Waals surface area contributed by atoms with Crippen LogP contribution >= 0.6 is 34.5 Å². The number of hydrogen-bond donors (Lipinski definition) is 0. The lowest BCUT2D eigenvalue weighted by Crippen LogP contribution is -1.95. The molecule has 0 N–H and O–H groups in total. The van der Waals surface area contributed by atoms with Crippen molar-refractivity contribution in [3.8, 4) is 22.1 Å². The monoisotopic (exact) mass is 350 g/mol. The maximum absolute atomic E-state index is 6.05. The highest BCUT2D eigenvalue weighted by atomic mass is 35.5. The molecule has 0 bridgehead atoms. The third-order valence-corrected chi connectivity index (χ3v) is 4.51. The molecule has 0 amide bonds. The van der Waals surface area contributed by atoms with Gasteiger partial charge in [-0.1, -0.05) is 34.5 Å². The first-order chi connectivity index (χ1) is 10.6. The Morgan fingerprint density at radius 3 is 2.55 bits per heavy atom. The second kappa shape index (κ2) is 5.05. The van der Waals surface area contributed by atoms with E-state index in [2.05, 4.69) is 20.4 Å². The van der Waals surface area contributed by atoms with E-state index in [0.717, 1.165) is 16.3 Å². The largest absolute Gasteiger partial charge is 0.265 e. The number of fused-ring (bicyclic) bond motifs is 1. The predicted molar refractivity (Wildman–Crippen MR) is 86.3 cm³/mol. The van der Waals surface area contributed by atoms with Crippen LogP contribution in [-0.4, -0.2) is 29.6 Å². The summed E-state index contributed by atoms with van der Waals surface area (Å²) in [5.41, 5.74) is 1.69. The molecule has 4 rings (SSSR count). The van der Waals surface area contributed by atoms with E-state index >= 15 is 0 Å². The zero-order valence-corrected chi connectivity index (χ0v) is 13.6. The predicted octanol–water partition coefficient (Wildman–Crippen LogP) is 3.56. The van der Waals surface area contributed by atoms with Gasteiger partial charge >= 0.3 is 0 Å².